The van der Waals surface area contributed by atoms with Crippen molar-refractivity contribution >= 4 is 52.6 Å². The van der Waals surface area contributed by atoms with Gasteiger partial charge in [0.2, 0.25) is 11.2 Å². The van der Waals surface area contributed by atoms with Crippen LogP contribution in [0.25, 0.3) is 0 Å². The maximum Gasteiger partial charge on any atom is 0.226 e. The molecule has 2 rings (SSSR count). The van der Waals surface area contributed by atoms with Crippen LogP contribution in [0.2, 0.25) is 15.2 Å². The van der Waals surface area contributed by atoms with Crippen molar-refractivity contribution in [3.05, 3.63) is 55.3 Å². The van der Waals surface area contributed by atoms with Crippen LogP contribution in [-0.4, -0.2) is 10.2 Å². The number of nitrogens with zero attached hydrogens (tertiary/aromatic N) is 1. The van der Waals surface area contributed by atoms with Crippen LogP contribution in [0.4, 0.5) is 5.82 Å². The summed E-state index contributed by atoms with van der Waals surface area (Å²) in [4.78, 5) is 11.5. The second kappa shape index (κ2) is 6.52. The molecule has 1 aromatic carbocycles. The summed E-state index contributed by atoms with van der Waals surface area (Å²) in [5.74, 6) is 0.763. The van der Waals surface area contributed by atoms with E-state index in [1.165, 1.54) is 18.0 Å². The number of hydrogen-bond donors (Lipinski definition) is 2. The number of halogens is 3. The lowest BCUT2D eigenvalue weighted by molar-refractivity contribution is 1.03. The highest BCUT2D eigenvalue weighted by molar-refractivity contribution is 7.99. The van der Waals surface area contributed by atoms with E-state index in [2.05, 4.69) is 14.9 Å². The summed E-state index contributed by atoms with van der Waals surface area (Å²) in [5.41, 5.74) is 0.632. The number of hydrogen-bond acceptors (Lipinski definition) is 4. The van der Waals surface area contributed by atoms with Crippen LogP contribution in [0, 0.1) is 0 Å². The van der Waals surface area contributed by atoms with Crippen LogP contribution < -0.4 is 10.2 Å². The van der Waals surface area contributed by atoms with Crippen molar-refractivity contribution in [2.24, 2.45) is 0 Å². The maximum absolute atomic E-state index is 11.5. The van der Waals surface area contributed by atoms with Gasteiger partial charge in [-0.1, -0.05) is 40.9 Å². The SMILES string of the molecule is O=c1cc(Cl)[nH]nc1NSCc1ccc(Cl)cc1Cl. The minimum absolute atomic E-state index is 0.194. The molecular formula is C11H8Cl3N3OS. The van der Waals surface area contributed by atoms with Gasteiger partial charge in [-0.25, -0.2) is 0 Å². The van der Waals surface area contributed by atoms with Crippen LogP contribution in [-0.2, 0) is 5.75 Å². The second-order valence-electron chi connectivity index (χ2n) is 3.56. The largest absolute Gasteiger partial charge is 0.309 e. The van der Waals surface area contributed by atoms with Crippen LogP contribution in [0.5, 0.6) is 0 Å². The van der Waals surface area contributed by atoms with Gasteiger partial charge in [-0.15, -0.1) is 0 Å². The molecule has 1 aromatic heterocycles. The number of nitrogens with one attached hydrogen (secondary N) is 2. The number of aromatic nitrogens is 2. The number of anilines is 1. The first-order valence-electron chi connectivity index (χ1n) is 5.13. The molecule has 0 bridgehead atoms. The summed E-state index contributed by atoms with van der Waals surface area (Å²) in [5, 5.41) is 7.66. The molecule has 19 heavy (non-hydrogen) atoms. The standard InChI is InChI=1S/C11H8Cl3N3OS/c12-7-2-1-6(8(13)3-7)5-19-17-11-9(18)4-10(14)15-16-11/h1-4H,5H2,(H,15,18)(H,16,17). The van der Waals surface area contributed by atoms with Gasteiger partial charge in [-0.05, 0) is 29.6 Å². The monoisotopic (exact) mass is 335 g/mol. The maximum atomic E-state index is 11.5. The molecule has 0 saturated carbocycles. The highest BCUT2D eigenvalue weighted by Gasteiger charge is 2.04. The lowest BCUT2D eigenvalue weighted by Crippen LogP contribution is -2.09. The van der Waals surface area contributed by atoms with Gasteiger partial charge in [-0.2, -0.15) is 5.10 Å². The molecule has 0 spiro atoms. The van der Waals surface area contributed by atoms with E-state index >= 15 is 0 Å². The Labute approximate surface area is 128 Å². The Morgan fingerprint density at radius 2 is 2.05 bits per heavy atom. The molecule has 0 atom stereocenters. The normalized spacial score (nSPS) is 10.5. The molecule has 0 radical (unpaired) electrons. The zero-order chi connectivity index (χ0) is 13.8. The smallest absolute Gasteiger partial charge is 0.226 e. The van der Waals surface area contributed by atoms with Crippen LogP contribution >= 0.6 is 46.8 Å². The molecule has 0 aliphatic rings. The molecule has 0 saturated heterocycles. The minimum atomic E-state index is -0.279. The van der Waals surface area contributed by atoms with Crippen molar-refractivity contribution in [1.29, 1.82) is 0 Å². The van der Waals surface area contributed by atoms with E-state index in [1.807, 2.05) is 6.07 Å². The van der Waals surface area contributed by atoms with E-state index in [-0.39, 0.29) is 16.4 Å². The quantitative estimate of drug-likeness (QED) is 0.829. The molecule has 100 valence electrons. The molecule has 0 aliphatic carbocycles. The molecule has 0 fully saturated rings. The highest BCUT2D eigenvalue weighted by Crippen LogP contribution is 2.24. The van der Waals surface area contributed by atoms with Gasteiger partial charge in [0.25, 0.3) is 0 Å². The predicted octanol–water partition coefficient (Wildman–Crippen LogP) is 3.99. The molecule has 0 unspecified atom stereocenters. The van der Waals surface area contributed by atoms with Gasteiger partial charge in [0, 0.05) is 21.9 Å². The van der Waals surface area contributed by atoms with Gasteiger partial charge >= 0.3 is 0 Å². The van der Waals surface area contributed by atoms with Crippen molar-refractivity contribution in [3.8, 4) is 0 Å². The van der Waals surface area contributed by atoms with Crippen molar-refractivity contribution in [1.82, 2.24) is 10.2 Å². The van der Waals surface area contributed by atoms with E-state index in [4.69, 9.17) is 34.8 Å². The van der Waals surface area contributed by atoms with E-state index < -0.39 is 0 Å². The summed E-state index contributed by atoms with van der Waals surface area (Å²) in [6.07, 6.45) is 0. The molecule has 4 nitrogen and oxygen atoms in total. The third kappa shape index (κ3) is 4.04. The summed E-state index contributed by atoms with van der Waals surface area (Å²) in [6, 6.07) is 6.52. The lowest BCUT2D eigenvalue weighted by atomic mass is 10.2. The topological polar surface area (TPSA) is 57.8 Å². The van der Waals surface area contributed by atoms with E-state index in [0.29, 0.717) is 15.8 Å². The Morgan fingerprint density at radius 3 is 2.74 bits per heavy atom. The first-order chi connectivity index (χ1) is 9.06. The van der Waals surface area contributed by atoms with E-state index in [0.717, 1.165) is 5.56 Å². The van der Waals surface area contributed by atoms with Gasteiger partial charge in [-0.3, -0.25) is 9.89 Å². The molecule has 2 N–H and O–H groups in total. The van der Waals surface area contributed by atoms with Crippen molar-refractivity contribution in [2.45, 2.75) is 5.75 Å². The van der Waals surface area contributed by atoms with Crippen LogP contribution in [0.3, 0.4) is 0 Å². The van der Waals surface area contributed by atoms with Crippen molar-refractivity contribution < 1.29 is 0 Å². The third-order valence-corrected chi connectivity index (χ3v) is 3.75. The summed E-state index contributed by atoms with van der Waals surface area (Å²) in [7, 11) is 0. The van der Waals surface area contributed by atoms with Gasteiger partial charge in [0.1, 0.15) is 5.15 Å². The van der Waals surface area contributed by atoms with Gasteiger partial charge in [0.15, 0.2) is 0 Å². The molecule has 2 aromatic rings. The fraction of sp³-hybridized carbons (Fsp3) is 0.0909. The molecule has 0 aliphatic heterocycles. The summed E-state index contributed by atoms with van der Waals surface area (Å²) < 4.78 is 2.84. The molecule has 8 heteroatoms. The van der Waals surface area contributed by atoms with Crippen LogP contribution in [0.1, 0.15) is 5.56 Å². The second-order valence-corrected chi connectivity index (χ2v) is 5.59. The Hall–Kier alpha value is -0.880. The predicted molar refractivity (Wildman–Crippen MR) is 81.2 cm³/mol. The highest BCUT2D eigenvalue weighted by atomic mass is 35.5. The third-order valence-electron chi connectivity index (χ3n) is 2.18. The molecule has 1 heterocycles. The van der Waals surface area contributed by atoms with Gasteiger partial charge in [0.05, 0.1) is 0 Å². The van der Waals surface area contributed by atoms with Gasteiger partial charge < -0.3 is 4.72 Å². The minimum Gasteiger partial charge on any atom is -0.309 e. The summed E-state index contributed by atoms with van der Waals surface area (Å²) in [6.45, 7) is 0. The zero-order valence-corrected chi connectivity index (χ0v) is 12.5. The van der Waals surface area contributed by atoms with Crippen molar-refractivity contribution in [3.63, 3.8) is 0 Å². The Balaban J connectivity index is 1.98. The van der Waals surface area contributed by atoms with Crippen LogP contribution in [0.15, 0.2) is 29.1 Å². The number of aromatic amines is 1. The first kappa shape index (κ1) is 14.5. The zero-order valence-electron chi connectivity index (χ0n) is 9.41. The number of benzene rings is 1. The average molecular weight is 337 g/mol. The Bertz CT molecular complexity index is 647. The Morgan fingerprint density at radius 1 is 1.26 bits per heavy atom. The molecular weight excluding hydrogens is 329 g/mol. The first-order valence-corrected chi connectivity index (χ1v) is 7.25. The fourth-order valence-corrected chi connectivity index (χ4v) is 2.73. The lowest BCUT2D eigenvalue weighted by Gasteiger charge is -2.06. The number of H-pyrrole nitrogens is 1. The van der Waals surface area contributed by atoms with Crippen molar-refractivity contribution in [2.75, 3.05) is 4.72 Å². The average Bonchev–Trinajstić information content (AvgIpc) is 2.34. The van der Waals surface area contributed by atoms with E-state index in [9.17, 15) is 4.79 Å². The fourth-order valence-electron chi connectivity index (χ4n) is 1.27. The summed E-state index contributed by atoms with van der Waals surface area (Å²) >= 11 is 18.7. The molecule has 0 amide bonds. The Kier molecular flexibility index (Phi) is 4.99. The number of rotatable bonds is 4. The van der Waals surface area contributed by atoms with E-state index in [1.54, 1.807) is 12.1 Å².